The molecule has 1 aliphatic heterocycles. The molecule has 0 fully saturated rings. The van der Waals surface area contributed by atoms with Crippen molar-refractivity contribution >= 4 is 35.0 Å². The van der Waals surface area contributed by atoms with Crippen molar-refractivity contribution in [2.24, 2.45) is 4.99 Å². The highest BCUT2D eigenvalue weighted by Gasteiger charge is 2.33. The van der Waals surface area contributed by atoms with Gasteiger partial charge in [-0.15, -0.1) is 0 Å². The fourth-order valence-corrected chi connectivity index (χ4v) is 5.06. The predicted molar refractivity (Wildman–Crippen MR) is 143 cm³/mol. The van der Waals surface area contributed by atoms with Crippen LogP contribution in [0.2, 0.25) is 0 Å². The molecule has 2 heterocycles. The van der Waals surface area contributed by atoms with Crippen LogP contribution in [0.15, 0.2) is 82.2 Å². The van der Waals surface area contributed by atoms with Gasteiger partial charge in [-0.1, -0.05) is 48.3 Å². The summed E-state index contributed by atoms with van der Waals surface area (Å²) in [5.41, 5.74) is 3.03. The third-order valence-electron chi connectivity index (χ3n) is 5.74. The van der Waals surface area contributed by atoms with Crippen LogP contribution in [0.3, 0.4) is 0 Å². The quantitative estimate of drug-likeness (QED) is 0.272. The van der Waals surface area contributed by atoms with Crippen LogP contribution < -0.4 is 24.5 Å². The van der Waals surface area contributed by atoms with Gasteiger partial charge < -0.3 is 14.4 Å². The van der Waals surface area contributed by atoms with Crippen LogP contribution in [0, 0.1) is 0 Å². The SMILES string of the molecule is C=CCOC(=O)C1=C(C)N=c2s/c(=C\c3ccc(N(C)C)cc3)c(=O)n2C1c1ccc(OC(C)=O)cc1. The second-order valence-electron chi connectivity index (χ2n) is 8.62. The number of rotatable bonds is 7. The average molecular weight is 518 g/mol. The van der Waals surface area contributed by atoms with Crippen LogP contribution in [0.25, 0.3) is 6.08 Å². The van der Waals surface area contributed by atoms with Gasteiger partial charge in [-0.05, 0) is 48.4 Å². The number of carbonyl (C=O) groups excluding carboxylic acids is 2. The Balaban J connectivity index is 1.86. The molecule has 2 aromatic carbocycles. The van der Waals surface area contributed by atoms with E-state index in [0.717, 1.165) is 11.3 Å². The van der Waals surface area contributed by atoms with E-state index in [1.54, 1.807) is 31.2 Å². The highest BCUT2D eigenvalue weighted by atomic mass is 32.1. The molecule has 9 heteroatoms. The highest BCUT2D eigenvalue weighted by Crippen LogP contribution is 2.31. The Morgan fingerprint density at radius 1 is 1.14 bits per heavy atom. The number of esters is 2. The van der Waals surface area contributed by atoms with Crippen molar-refractivity contribution in [1.82, 2.24) is 4.57 Å². The average Bonchev–Trinajstić information content (AvgIpc) is 3.16. The van der Waals surface area contributed by atoms with Crippen molar-refractivity contribution < 1.29 is 19.1 Å². The minimum absolute atomic E-state index is 0.0289. The molecule has 0 aliphatic carbocycles. The van der Waals surface area contributed by atoms with Gasteiger partial charge in [0, 0.05) is 26.7 Å². The maximum atomic E-state index is 13.7. The van der Waals surface area contributed by atoms with E-state index in [0.29, 0.717) is 26.3 Å². The van der Waals surface area contributed by atoms with E-state index in [-0.39, 0.29) is 17.7 Å². The van der Waals surface area contributed by atoms with Crippen LogP contribution in [0.5, 0.6) is 5.75 Å². The molecular weight excluding hydrogens is 490 g/mol. The fraction of sp³-hybridized carbons (Fsp3) is 0.214. The number of benzene rings is 2. The molecule has 3 aromatic rings. The first-order valence-corrected chi connectivity index (χ1v) is 12.4. The summed E-state index contributed by atoms with van der Waals surface area (Å²) in [7, 11) is 3.93. The lowest BCUT2D eigenvalue weighted by molar-refractivity contribution is -0.138. The van der Waals surface area contributed by atoms with E-state index in [1.165, 1.54) is 28.9 Å². The lowest BCUT2D eigenvalue weighted by atomic mass is 9.96. The number of nitrogens with zero attached hydrogens (tertiary/aromatic N) is 3. The number of anilines is 1. The van der Waals surface area contributed by atoms with Crippen molar-refractivity contribution in [3.63, 3.8) is 0 Å². The van der Waals surface area contributed by atoms with E-state index < -0.39 is 18.0 Å². The number of carbonyl (C=O) groups is 2. The predicted octanol–water partition coefficient (Wildman–Crippen LogP) is 2.96. The molecule has 0 amide bonds. The largest absolute Gasteiger partial charge is 0.458 e. The maximum Gasteiger partial charge on any atom is 0.338 e. The normalized spacial score (nSPS) is 15.0. The Labute approximate surface area is 218 Å². The molecule has 37 heavy (non-hydrogen) atoms. The molecule has 1 aromatic heterocycles. The number of allylic oxidation sites excluding steroid dienone is 1. The molecular formula is C28H27N3O5S. The van der Waals surface area contributed by atoms with Crippen LogP contribution in [0.1, 0.15) is 31.0 Å². The second kappa shape index (κ2) is 10.8. The zero-order valence-electron chi connectivity index (χ0n) is 21.1. The van der Waals surface area contributed by atoms with Gasteiger partial charge in [0.05, 0.1) is 21.8 Å². The zero-order chi connectivity index (χ0) is 26.7. The van der Waals surface area contributed by atoms with Gasteiger partial charge in [-0.25, -0.2) is 9.79 Å². The lowest BCUT2D eigenvalue weighted by Crippen LogP contribution is -2.39. The molecule has 4 rings (SSSR count). The van der Waals surface area contributed by atoms with E-state index in [9.17, 15) is 14.4 Å². The van der Waals surface area contributed by atoms with Crippen LogP contribution in [0.4, 0.5) is 5.69 Å². The van der Waals surface area contributed by atoms with Gasteiger partial charge in [0.1, 0.15) is 12.4 Å². The summed E-state index contributed by atoms with van der Waals surface area (Å²) >= 11 is 1.26. The molecule has 1 aliphatic rings. The molecule has 1 atom stereocenters. The molecule has 8 nitrogen and oxygen atoms in total. The number of thiazole rings is 1. The number of ether oxygens (including phenoxy) is 2. The van der Waals surface area contributed by atoms with E-state index in [2.05, 4.69) is 11.6 Å². The van der Waals surface area contributed by atoms with Gasteiger partial charge in [-0.2, -0.15) is 0 Å². The molecule has 1 unspecified atom stereocenters. The van der Waals surface area contributed by atoms with Crippen molar-refractivity contribution in [3.05, 3.63) is 103 Å². The summed E-state index contributed by atoms with van der Waals surface area (Å²) in [6, 6.07) is 13.8. The summed E-state index contributed by atoms with van der Waals surface area (Å²) < 4.78 is 12.5. The van der Waals surface area contributed by atoms with E-state index in [4.69, 9.17) is 9.47 Å². The number of hydrogen-bond acceptors (Lipinski definition) is 8. The summed E-state index contributed by atoms with van der Waals surface area (Å²) in [5.74, 6) is -0.658. The monoisotopic (exact) mass is 517 g/mol. The van der Waals surface area contributed by atoms with Crippen molar-refractivity contribution in [1.29, 1.82) is 0 Å². The summed E-state index contributed by atoms with van der Waals surface area (Å²) in [4.78, 5) is 45.2. The van der Waals surface area contributed by atoms with E-state index in [1.807, 2.05) is 49.3 Å². The first-order chi connectivity index (χ1) is 17.7. The third kappa shape index (κ3) is 5.46. The molecule has 190 valence electrons. The number of fused-ring (bicyclic) bond motifs is 1. The first-order valence-electron chi connectivity index (χ1n) is 11.6. The maximum absolute atomic E-state index is 13.7. The van der Waals surface area contributed by atoms with Crippen molar-refractivity contribution in [2.75, 3.05) is 25.6 Å². The van der Waals surface area contributed by atoms with Gasteiger partial charge in [-0.3, -0.25) is 14.2 Å². The molecule has 0 radical (unpaired) electrons. The van der Waals surface area contributed by atoms with Crippen molar-refractivity contribution in [2.45, 2.75) is 19.9 Å². The topological polar surface area (TPSA) is 90.2 Å². The zero-order valence-corrected chi connectivity index (χ0v) is 21.9. The van der Waals surface area contributed by atoms with Gasteiger partial charge >= 0.3 is 11.9 Å². The second-order valence-corrected chi connectivity index (χ2v) is 9.63. The Hall–Kier alpha value is -4.24. The highest BCUT2D eigenvalue weighted by molar-refractivity contribution is 7.07. The Morgan fingerprint density at radius 2 is 1.81 bits per heavy atom. The fourth-order valence-electron chi connectivity index (χ4n) is 4.01. The smallest absolute Gasteiger partial charge is 0.338 e. The number of hydrogen-bond donors (Lipinski definition) is 0. The Morgan fingerprint density at radius 3 is 2.41 bits per heavy atom. The van der Waals surface area contributed by atoms with Crippen LogP contribution in [-0.2, 0) is 14.3 Å². The summed E-state index contributed by atoms with van der Waals surface area (Å²) in [6.07, 6.45) is 3.30. The van der Waals surface area contributed by atoms with Crippen LogP contribution in [-0.4, -0.2) is 37.2 Å². The molecule has 0 N–H and O–H groups in total. The van der Waals surface area contributed by atoms with Crippen molar-refractivity contribution in [3.8, 4) is 5.75 Å². The van der Waals surface area contributed by atoms with Gasteiger partial charge in [0.25, 0.3) is 5.56 Å². The Kier molecular flexibility index (Phi) is 7.54. The standard InChI is InChI=1S/C28H27N3O5S/c1-6-15-35-27(34)24-17(2)29-28-31(25(24)20-9-13-22(14-10-20)36-18(3)32)26(33)23(37-28)16-19-7-11-21(12-8-19)30(4)5/h6-14,16,25H,1,15H2,2-5H3/b23-16-. The van der Waals surface area contributed by atoms with E-state index >= 15 is 0 Å². The molecule has 0 bridgehead atoms. The Bertz CT molecular complexity index is 1560. The van der Waals surface area contributed by atoms with Crippen LogP contribution >= 0.6 is 11.3 Å². The third-order valence-corrected chi connectivity index (χ3v) is 6.72. The molecule has 0 saturated heterocycles. The lowest BCUT2D eigenvalue weighted by Gasteiger charge is -2.24. The minimum Gasteiger partial charge on any atom is -0.458 e. The van der Waals surface area contributed by atoms with Gasteiger partial charge in [0.2, 0.25) is 0 Å². The molecule has 0 saturated carbocycles. The van der Waals surface area contributed by atoms with Gasteiger partial charge in [0.15, 0.2) is 4.80 Å². The molecule has 0 spiro atoms. The number of aromatic nitrogens is 1. The summed E-state index contributed by atoms with van der Waals surface area (Å²) in [5, 5.41) is 0. The first kappa shape index (κ1) is 25.8. The summed E-state index contributed by atoms with van der Waals surface area (Å²) in [6.45, 7) is 6.67. The minimum atomic E-state index is -0.766.